The lowest BCUT2D eigenvalue weighted by Gasteiger charge is -2.04. The van der Waals surface area contributed by atoms with Crippen LogP contribution in [0.15, 0.2) is 54.6 Å². The molecule has 2 N–H and O–H groups in total. The maximum Gasteiger partial charge on any atom is 0.117 e. The smallest absolute Gasteiger partial charge is 0.117 e. The van der Waals surface area contributed by atoms with E-state index < -0.39 is 0 Å². The van der Waals surface area contributed by atoms with Crippen LogP contribution in [-0.2, 0) is 13.1 Å². The van der Waals surface area contributed by atoms with Crippen LogP contribution in [0.25, 0.3) is 11.3 Å². The Balaban J connectivity index is 1.78. The third kappa shape index (κ3) is 5.14. The van der Waals surface area contributed by atoms with Crippen LogP contribution in [0.3, 0.4) is 0 Å². The van der Waals surface area contributed by atoms with Crippen molar-refractivity contribution in [1.82, 2.24) is 25.6 Å². The van der Waals surface area contributed by atoms with Crippen molar-refractivity contribution in [3.63, 3.8) is 0 Å². The summed E-state index contributed by atoms with van der Waals surface area (Å²) in [5.74, 6) is 0. The fourth-order valence-corrected chi connectivity index (χ4v) is 3.00. The first-order valence-electron chi connectivity index (χ1n) is 8.85. The van der Waals surface area contributed by atoms with E-state index in [0.29, 0.717) is 13.1 Å². The Labute approximate surface area is 159 Å². The number of hydrogen-bond acceptors (Lipinski definition) is 4. The molecule has 0 fully saturated rings. The van der Waals surface area contributed by atoms with E-state index in [1.165, 1.54) is 0 Å². The maximum atomic E-state index is 6.09. The molecule has 5 nitrogen and oxygen atoms in total. The second-order valence-electron chi connectivity index (χ2n) is 6.16. The minimum atomic E-state index is 0.597. The number of nitrogens with zero attached hydrogens (tertiary/aromatic N) is 3. The predicted molar refractivity (Wildman–Crippen MR) is 106 cm³/mol. The normalized spacial score (nSPS) is 11.0. The van der Waals surface area contributed by atoms with Crippen molar-refractivity contribution in [2.45, 2.75) is 19.5 Å². The molecular formula is C20H24ClN5. The standard InChI is InChI=1S/C20H24ClN5/c1-22-11-6-12-23-14-19-20(17-8-3-2-4-9-17)25-26(24-19)15-16-7-5-10-18(21)13-16/h2-5,7-10,13,22-23H,6,11-12,14-15H2,1H3. The van der Waals surface area contributed by atoms with Gasteiger partial charge in [0, 0.05) is 17.1 Å². The van der Waals surface area contributed by atoms with Gasteiger partial charge >= 0.3 is 0 Å². The van der Waals surface area contributed by atoms with Gasteiger partial charge in [-0.25, -0.2) is 0 Å². The van der Waals surface area contributed by atoms with Gasteiger partial charge in [0.05, 0.1) is 6.54 Å². The second kappa shape index (κ2) is 9.48. The first-order chi connectivity index (χ1) is 12.8. The summed E-state index contributed by atoms with van der Waals surface area (Å²) in [6, 6.07) is 18.0. The second-order valence-corrected chi connectivity index (χ2v) is 6.59. The van der Waals surface area contributed by atoms with E-state index >= 15 is 0 Å². The molecule has 136 valence electrons. The molecule has 0 aliphatic rings. The maximum absolute atomic E-state index is 6.09. The molecule has 0 amide bonds. The van der Waals surface area contributed by atoms with E-state index in [2.05, 4.69) is 22.8 Å². The molecule has 0 saturated heterocycles. The highest BCUT2D eigenvalue weighted by Gasteiger charge is 2.13. The molecule has 1 aromatic heterocycles. The van der Waals surface area contributed by atoms with Crippen molar-refractivity contribution in [2.24, 2.45) is 0 Å². The van der Waals surface area contributed by atoms with Gasteiger partial charge in [0.25, 0.3) is 0 Å². The minimum Gasteiger partial charge on any atom is -0.320 e. The van der Waals surface area contributed by atoms with E-state index in [0.717, 1.165) is 47.0 Å². The van der Waals surface area contributed by atoms with Crippen LogP contribution in [0.4, 0.5) is 0 Å². The summed E-state index contributed by atoms with van der Waals surface area (Å²) in [6.07, 6.45) is 1.08. The fraction of sp³-hybridized carbons (Fsp3) is 0.300. The summed E-state index contributed by atoms with van der Waals surface area (Å²) < 4.78 is 0. The zero-order chi connectivity index (χ0) is 18.2. The summed E-state index contributed by atoms with van der Waals surface area (Å²) in [5.41, 5.74) is 4.05. The molecule has 0 aliphatic carbocycles. The minimum absolute atomic E-state index is 0.597. The van der Waals surface area contributed by atoms with Gasteiger partial charge in [0.2, 0.25) is 0 Å². The summed E-state index contributed by atoms with van der Waals surface area (Å²) in [6.45, 7) is 3.24. The number of rotatable bonds is 9. The van der Waals surface area contributed by atoms with Crippen LogP contribution in [-0.4, -0.2) is 35.1 Å². The van der Waals surface area contributed by atoms with Crippen LogP contribution in [0, 0.1) is 0 Å². The van der Waals surface area contributed by atoms with Crippen molar-refractivity contribution in [1.29, 1.82) is 0 Å². The van der Waals surface area contributed by atoms with E-state index in [4.69, 9.17) is 21.8 Å². The molecular weight excluding hydrogens is 346 g/mol. The van der Waals surface area contributed by atoms with E-state index in [9.17, 15) is 0 Å². The highest BCUT2D eigenvalue weighted by Crippen LogP contribution is 2.20. The molecule has 1 heterocycles. The average Bonchev–Trinajstić information content (AvgIpc) is 3.05. The van der Waals surface area contributed by atoms with Gasteiger partial charge in [-0.15, -0.1) is 0 Å². The van der Waals surface area contributed by atoms with Gasteiger partial charge in [0.1, 0.15) is 11.4 Å². The molecule has 6 heteroatoms. The molecule has 0 saturated carbocycles. The topological polar surface area (TPSA) is 54.8 Å². The number of hydrogen-bond donors (Lipinski definition) is 2. The van der Waals surface area contributed by atoms with Crippen molar-refractivity contribution >= 4 is 11.6 Å². The van der Waals surface area contributed by atoms with E-state index in [-0.39, 0.29) is 0 Å². The van der Waals surface area contributed by atoms with Gasteiger partial charge in [-0.3, -0.25) is 0 Å². The lowest BCUT2D eigenvalue weighted by Crippen LogP contribution is -2.20. The average molecular weight is 370 g/mol. The Morgan fingerprint density at radius 2 is 1.85 bits per heavy atom. The fourth-order valence-electron chi connectivity index (χ4n) is 2.79. The van der Waals surface area contributed by atoms with Gasteiger partial charge in [-0.1, -0.05) is 54.1 Å². The zero-order valence-corrected chi connectivity index (χ0v) is 15.7. The Bertz CT molecular complexity index is 816. The first kappa shape index (κ1) is 18.6. The molecule has 0 atom stereocenters. The van der Waals surface area contributed by atoms with Crippen molar-refractivity contribution < 1.29 is 0 Å². The molecule has 26 heavy (non-hydrogen) atoms. The van der Waals surface area contributed by atoms with Crippen molar-refractivity contribution in [3.05, 3.63) is 70.9 Å². The monoisotopic (exact) mass is 369 g/mol. The lowest BCUT2D eigenvalue weighted by molar-refractivity contribution is 0.571. The molecule has 0 spiro atoms. The number of halogens is 1. The van der Waals surface area contributed by atoms with Crippen molar-refractivity contribution in [2.75, 3.05) is 20.1 Å². The lowest BCUT2D eigenvalue weighted by atomic mass is 10.1. The number of nitrogens with one attached hydrogen (secondary N) is 2. The Morgan fingerprint density at radius 1 is 1.00 bits per heavy atom. The highest BCUT2D eigenvalue weighted by atomic mass is 35.5. The molecule has 2 aromatic carbocycles. The van der Waals surface area contributed by atoms with Gasteiger partial charge in [-0.05, 0) is 44.3 Å². The van der Waals surface area contributed by atoms with Crippen molar-refractivity contribution in [3.8, 4) is 11.3 Å². The van der Waals surface area contributed by atoms with Crippen LogP contribution >= 0.6 is 11.6 Å². The SMILES string of the molecule is CNCCCNCc1nn(Cc2cccc(Cl)c2)nc1-c1ccccc1. The van der Waals surface area contributed by atoms with Crippen LogP contribution < -0.4 is 10.6 Å². The molecule has 3 aromatic rings. The van der Waals surface area contributed by atoms with E-state index in [1.54, 1.807) is 4.80 Å². The van der Waals surface area contributed by atoms with Crippen LogP contribution in [0.5, 0.6) is 0 Å². The zero-order valence-electron chi connectivity index (χ0n) is 15.0. The van der Waals surface area contributed by atoms with E-state index in [1.807, 2.05) is 49.5 Å². The Morgan fingerprint density at radius 3 is 2.62 bits per heavy atom. The highest BCUT2D eigenvalue weighted by molar-refractivity contribution is 6.30. The third-order valence-corrected chi connectivity index (χ3v) is 4.29. The number of benzene rings is 2. The van der Waals surface area contributed by atoms with Crippen LogP contribution in [0.1, 0.15) is 17.7 Å². The van der Waals surface area contributed by atoms with Gasteiger partial charge < -0.3 is 10.6 Å². The molecule has 0 unspecified atom stereocenters. The van der Waals surface area contributed by atoms with Crippen LogP contribution in [0.2, 0.25) is 5.02 Å². The third-order valence-electron chi connectivity index (χ3n) is 4.06. The molecule has 0 bridgehead atoms. The summed E-state index contributed by atoms with van der Waals surface area (Å²) in [5, 5.41) is 16.8. The number of aromatic nitrogens is 3. The van der Waals surface area contributed by atoms with Gasteiger partial charge in [0.15, 0.2) is 0 Å². The summed E-state index contributed by atoms with van der Waals surface area (Å²) in [7, 11) is 1.97. The Hall–Kier alpha value is -2.21. The predicted octanol–water partition coefficient (Wildman–Crippen LogP) is 3.35. The largest absolute Gasteiger partial charge is 0.320 e. The molecule has 0 radical (unpaired) electrons. The first-order valence-corrected chi connectivity index (χ1v) is 9.23. The quantitative estimate of drug-likeness (QED) is 0.568. The molecule has 0 aliphatic heterocycles. The summed E-state index contributed by atoms with van der Waals surface area (Å²) >= 11 is 6.09. The van der Waals surface area contributed by atoms with Gasteiger partial charge in [-0.2, -0.15) is 15.0 Å². The molecule has 3 rings (SSSR count). The summed E-state index contributed by atoms with van der Waals surface area (Å²) in [4.78, 5) is 1.75. The Kier molecular flexibility index (Phi) is 6.77.